The first kappa shape index (κ1) is 23.8. The molecule has 0 spiro atoms. The molecule has 170 valence electrons. The number of nitrogens with one attached hydrogen (secondary N) is 1. The Bertz CT molecular complexity index is 1340. The van der Waals surface area contributed by atoms with Crippen LogP contribution < -0.4 is 15.0 Å². The van der Waals surface area contributed by atoms with Crippen molar-refractivity contribution >= 4 is 21.6 Å². The average Bonchev–Trinajstić information content (AvgIpc) is 2.70. The van der Waals surface area contributed by atoms with Crippen molar-refractivity contribution in [2.45, 2.75) is 20.1 Å². The van der Waals surface area contributed by atoms with E-state index >= 15 is 0 Å². The van der Waals surface area contributed by atoms with E-state index in [-0.39, 0.29) is 40.9 Å². The molecule has 0 bridgehead atoms. The number of halogens is 4. The van der Waals surface area contributed by atoms with Crippen LogP contribution in [0.3, 0.4) is 0 Å². The minimum atomic E-state index is -3.47. The molecule has 0 radical (unpaired) electrons. The quantitative estimate of drug-likeness (QED) is 0.550. The standard InChI is InChI=1S/C21H18ClF3N2O4S/c1-12-7-19(31-11-14-4-5-15(23)9-17(14)25)20(22)21(28)27(12)18-8-13(3-6-16(18)24)10-26-32(2,29)30/h3-9,26H,10-11H2,1-2H3. The van der Waals surface area contributed by atoms with E-state index in [1.807, 2.05) is 0 Å². The number of pyridine rings is 1. The van der Waals surface area contributed by atoms with Gasteiger partial charge in [0, 0.05) is 29.9 Å². The van der Waals surface area contributed by atoms with Crippen LogP contribution in [0.4, 0.5) is 13.2 Å². The minimum Gasteiger partial charge on any atom is -0.487 e. The zero-order valence-electron chi connectivity index (χ0n) is 17.0. The van der Waals surface area contributed by atoms with Gasteiger partial charge in [-0.1, -0.05) is 17.7 Å². The highest BCUT2D eigenvalue weighted by Crippen LogP contribution is 2.26. The highest BCUT2D eigenvalue weighted by Gasteiger charge is 2.17. The summed E-state index contributed by atoms with van der Waals surface area (Å²) in [6, 6.07) is 8.18. The fourth-order valence-corrected chi connectivity index (χ4v) is 3.56. The van der Waals surface area contributed by atoms with E-state index in [1.165, 1.54) is 31.2 Å². The molecule has 0 amide bonds. The van der Waals surface area contributed by atoms with Gasteiger partial charge in [-0.3, -0.25) is 9.36 Å². The Morgan fingerprint density at radius 3 is 2.44 bits per heavy atom. The summed E-state index contributed by atoms with van der Waals surface area (Å²) in [6.45, 7) is 1.11. The highest BCUT2D eigenvalue weighted by atomic mass is 35.5. The maximum Gasteiger partial charge on any atom is 0.277 e. The Balaban J connectivity index is 1.94. The van der Waals surface area contributed by atoms with E-state index in [2.05, 4.69) is 4.72 Å². The molecule has 0 aliphatic rings. The van der Waals surface area contributed by atoms with Gasteiger partial charge in [0.1, 0.15) is 34.8 Å². The summed E-state index contributed by atoms with van der Waals surface area (Å²) in [4.78, 5) is 12.9. The zero-order valence-corrected chi connectivity index (χ0v) is 18.5. The first-order valence-corrected chi connectivity index (χ1v) is 11.5. The lowest BCUT2D eigenvalue weighted by Gasteiger charge is -2.16. The second kappa shape index (κ2) is 9.35. The molecule has 1 aromatic heterocycles. The molecule has 3 aromatic rings. The van der Waals surface area contributed by atoms with Crippen LogP contribution in [-0.4, -0.2) is 19.2 Å². The maximum absolute atomic E-state index is 14.5. The molecule has 6 nitrogen and oxygen atoms in total. The van der Waals surface area contributed by atoms with Gasteiger partial charge in [0.05, 0.1) is 11.9 Å². The lowest BCUT2D eigenvalue weighted by Crippen LogP contribution is -2.24. The number of nitrogens with zero attached hydrogens (tertiary/aromatic N) is 1. The van der Waals surface area contributed by atoms with Crippen LogP contribution >= 0.6 is 11.6 Å². The van der Waals surface area contributed by atoms with Gasteiger partial charge < -0.3 is 4.74 Å². The fourth-order valence-electron chi connectivity index (χ4n) is 2.93. The summed E-state index contributed by atoms with van der Waals surface area (Å²) >= 11 is 6.14. The number of ether oxygens (including phenoxy) is 1. The number of rotatable bonds is 7. The third-order valence-electron chi connectivity index (χ3n) is 4.49. The van der Waals surface area contributed by atoms with Crippen LogP contribution in [-0.2, 0) is 23.2 Å². The van der Waals surface area contributed by atoms with Gasteiger partial charge in [-0.2, -0.15) is 0 Å². The molecule has 11 heteroatoms. The average molecular weight is 487 g/mol. The van der Waals surface area contributed by atoms with E-state index in [0.717, 1.165) is 23.0 Å². The molecule has 3 rings (SSSR count). The Labute approximate surface area is 187 Å². The van der Waals surface area contributed by atoms with E-state index in [4.69, 9.17) is 16.3 Å². The number of benzene rings is 2. The van der Waals surface area contributed by atoms with Gasteiger partial charge in [-0.05, 0) is 36.8 Å². The molecule has 0 fully saturated rings. The summed E-state index contributed by atoms with van der Waals surface area (Å²) in [5.74, 6) is -2.33. The second-order valence-corrected chi connectivity index (χ2v) is 9.22. The Morgan fingerprint density at radius 2 is 1.78 bits per heavy atom. The van der Waals surface area contributed by atoms with Crippen LogP contribution in [0.2, 0.25) is 5.02 Å². The van der Waals surface area contributed by atoms with Crippen molar-refractivity contribution in [3.8, 4) is 11.4 Å². The van der Waals surface area contributed by atoms with Crippen LogP contribution in [0.25, 0.3) is 5.69 Å². The first-order chi connectivity index (χ1) is 15.0. The van der Waals surface area contributed by atoms with Crippen molar-refractivity contribution in [2.24, 2.45) is 0 Å². The molecule has 2 aromatic carbocycles. The molecule has 1 heterocycles. The summed E-state index contributed by atoms with van der Waals surface area (Å²) in [6.07, 6.45) is 0.988. The SMILES string of the molecule is Cc1cc(OCc2ccc(F)cc2F)c(Cl)c(=O)n1-c1cc(CNS(C)(=O)=O)ccc1F. The van der Waals surface area contributed by atoms with Gasteiger partial charge in [0.15, 0.2) is 0 Å². The molecule has 32 heavy (non-hydrogen) atoms. The van der Waals surface area contributed by atoms with Gasteiger partial charge in [0.25, 0.3) is 5.56 Å². The van der Waals surface area contributed by atoms with Gasteiger partial charge >= 0.3 is 0 Å². The molecular weight excluding hydrogens is 469 g/mol. The van der Waals surface area contributed by atoms with E-state index in [0.29, 0.717) is 11.6 Å². The molecule has 0 aliphatic heterocycles. The topological polar surface area (TPSA) is 77.4 Å². The van der Waals surface area contributed by atoms with E-state index in [9.17, 15) is 26.4 Å². The van der Waals surface area contributed by atoms with E-state index in [1.54, 1.807) is 0 Å². The molecule has 0 atom stereocenters. The Hall–Kier alpha value is -2.82. The third kappa shape index (κ3) is 5.50. The maximum atomic E-state index is 14.5. The Morgan fingerprint density at radius 1 is 1.06 bits per heavy atom. The van der Waals surface area contributed by atoms with Gasteiger partial charge in [-0.25, -0.2) is 26.3 Å². The number of sulfonamides is 1. The second-order valence-electron chi connectivity index (χ2n) is 7.01. The molecule has 0 unspecified atom stereocenters. The number of aromatic nitrogens is 1. The normalized spacial score (nSPS) is 11.6. The van der Waals surface area contributed by atoms with Crippen molar-refractivity contribution in [3.05, 3.63) is 92.1 Å². The molecular formula is C21H18ClF3N2O4S. The van der Waals surface area contributed by atoms with Crippen LogP contribution in [0.1, 0.15) is 16.8 Å². The van der Waals surface area contributed by atoms with Crippen LogP contribution in [0.15, 0.2) is 47.3 Å². The third-order valence-corrected chi connectivity index (χ3v) is 5.50. The van der Waals surface area contributed by atoms with Crippen molar-refractivity contribution in [1.29, 1.82) is 0 Å². The van der Waals surface area contributed by atoms with Crippen LogP contribution in [0.5, 0.6) is 5.75 Å². The van der Waals surface area contributed by atoms with E-state index < -0.39 is 33.0 Å². The predicted octanol–water partition coefficient (Wildman–Crippen LogP) is 3.84. The summed E-state index contributed by atoms with van der Waals surface area (Å²) < 4.78 is 72.7. The molecule has 0 saturated carbocycles. The monoisotopic (exact) mass is 486 g/mol. The van der Waals surface area contributed by atoms with Crippen LogP contribution in [0, 0.1) is 24.4 Å². The highest BCUT2D eigenvalue weighted by molar-refractivity contribution is 7.88. The minimum absolute atomic E-state index is 0.0514. The molecule has 1 N–H and O–H groups in total. The Kier molecular flexibility index (Phi) is 6.97. The fraction of sp³-hybridized carbons (Fsp3) is 0.190. The first-order valence-electron chi connectivity index (χ1n) is 9.18. The summed E-state index contributed by atoms with van der Waals surface area (Å²) in [7, 11) is -3.47. The molecule has 0 aliphatic carbocycles. The predicted molar refractivity (Wildman–Crippen MR) is 114 cm³/mol. The lowest BCUT2D eigenvalue weighted by atomic mass is 10.1. The summed E-state index contributed by atoms with van der Waals surface area (Å²) in [5, 5.41) is -0.364. The van der Waals surface area contributed by atoms with Crippen molar-refractivity contribution in [1.82, 2.24) is 9.29 Å². The molecule has 0 saturated heterocycles. The smallest absolute Gasteiger partial charge is 0.277 e. The van der Waals surface area contributed by atoms with Crippen molar-refractivity contribution in [3.63, 3.8) is 0 Å². The number of hydrogen-bond donors (Lipinski definition) is 1. The number of aryl methyl sites for hydroxylation is 1. The lowest BCUT2D eigenvalue weighted by molar-refractivity contribution is 0.298. The zero-order chi connectivity index (χ0) is 23.6. The largest absolute Gasteiger partial charge is 0.487 e. The van der Waals surface area contributed by atoms with Gasteiger partial charge in [-0.15, -0.1) is 0 Å². The number of hydrogen-bond acceptors (Lipinski definition) is 4. The summed E-state index contributed by atoms with van der Waals surface area (Å²) in [5.41, 5.74) is -0.171. The van der Waals surface area contributed by atoms with Gasteiger partial charge in [0.2, 0.25) is 10.0 Å². The van der Waals surface area contributed by atoms with Crippen molar-refractivity contribution < 1.29 is 26.3 Å². The van der Waals surface area contributed by atoms with Crippen molar-refractivity contribution in [2.75, 3.05) is 6.26 Å².